The van der Waals surface area contributed by atoms with Gasteiger partial charge in [-0.15, -0.1) is 0 Å². The van der Waals surface area contributed by atoms with E-state index in [-0.39, 0.29) is 25.4 Å². The first-order valence-electron chi connectivity index (χ1n) is 14.6. The number of aliphatic hydroxyl groups is 2. The van der Waals surface area contributed by atoms with E-state index >= 15 is 0 Å². The molecule has 2 aliphatic carbocycles. The van der Waals surface area contributed by atoms with Gasteiger partial charge >= 0.3 is 17.9 Å². The van der Waals surface area contributed by atoms with Crippen molar-refractivity contribution in [3.63, 3.8) is 0 Å². The van der Waals surface area contributed by atoms with Crippen molar-refractivity contribution in [1.82, 2.24) is 0 Å². The molecule has 42 heavy (non-hydrogen) atoms. The summed E-state index contributed by atoms with van der Waals surface area (Å²) in [4.78, 5) is 37.8. The Morgan fingerprint density at radius 2 is 1.90 bits per heavy atom. The van der Waals surface area contributed by atoms with E-state index in [2.05, 4.69) is 13.0 Å². The van der Waals surface area contributed by atoms with Gasteiger partial charge < -0.3 is 38.6 Å². The Balaban J connectivity index is 1.49. The lowest BCUT2D eigenvalue weighted by Gasteiger charge is -2.58. The number of ether oxygens (including phenoxy) is 6. The van der Waals surface area contributed by atoms with Crippen molar-refractivity contribution in [3.05, 3.63) is 36.0 Å². The van der Waals surface area contributed by atoms with Crippen molar-refractivity contribution in [2.45, 2.75) is 108 Å². The van der Waals surface area contributed by atoms with E-state index in [1.165, 1.54) is 31.6 Å². The Bertz CT molecular complexity index is 1180. The van der Waals surface area contributed by atoms with Gasteiger partial charge in [0.05, 0.1) is 37.3 Å². The molecular formula is C31H42O11. The number of allylic oxidation sites excluding steroid dienone is 3. The molecule has 1 saturated carbocycles. The number of aliphatic hydroxyl groups excluding tert-OH is 1. The van der Waals surface area contributed by atoms with Gasteiger partial charge in [-0.1, -0.05) is 36.8 Å². The van der Waals surface area contributed by atoms with Gasteiger partial charge in [-0.25, -0.2) is 4.79 Å². The molecule has 11 heteroatoms. The molecule has 2 saturated heterocycles. The summed E-state index contributed by atoms with van der Waals surface area (Å²) in [7, 11) is 0. The highest BCUT2D eigenvalue weighted by molar-refractivity contribution is 5.82. The molecule has 2 N–H and O–H groups in total. The lowest BCUT2D eigenvalue weighted by molar-refractivity contribution is -0.234. The third kappa shape index (κ3) is 5.23. The summed E-state index contributed by atoms with van der Waals surface area (Å²) in [6.07, 6.45) is 5.09. The van der Waals surface area contributed by atoms with Gasteiger partial charge in [0.1, 0.15) is 42.2 Å². The van der Waals surface area contributed by atoms with Crippen LogP contribution < -0.4 is 0 Å². The van der Waals surface area contributed by atoms with Gasteiger partial charge in [-0.3, -0.25) is 9.59 Å². The predicted molar refractivity (Wildman–Crippen MR) is 147 cm³/mol. The van der Waals surface area contributed by atoms with Crippen LogP contribution in [0.1, 0.15) is 60.3 Å². The van der Waals surface area contributed by atoms with Crippen LogP contribution in [0.15, 0.2) is 36.0 Å². The zero-order valence-electron chi connectivity index (χ0n) is 24.9. The van der Waals surface area contributed by atoms with Crippen molar-refractivity contribution in [1.29, 1.82) is 0 Å². The molecular weight excluding hydrogens is 548 g/mol. The molecule has 0 aromatic rings. The molecule has 232 valence electrons. The Morgan fingerprint density at radius 3 is 2.60 bits per heavy atom. The second-order valence-corrected chi connectivity index (χ2v) is 12.8. The number of esters is 3. The molecule has 0 amide bonds. The summed E-state index contributed by atoms with van der Waals surface area (Å²) >= 11 is 0. The summed E-state index contributed by atoms with van der Waals surface area (Å²) < 4.78 is 35.7. The van der Waals surface area contributed by atoms with Gasteiger partial charge in [-0.2, -0.15) is 0 Å². The van der Waals surface area contributed by atoms with Crippen LogP contribution in [0, 0.1) is 10.8 Å². The molecule has 5 rings (SSSR count). The molecule has 2 bridgehead atoms. The van der Waals surface area contributed by atoms with E-state index in [1.807, 2.05) is 6.92 Å². The van der Waals surface area contributed by atoms with Crippen LogP contribution in [-0.2, 0) is 42.8 Å². The van der Waals surface area contributed by atoms with E-state index in [0.717, 1.165) is 6.42 Å². The summed E-state index contributed by atoms with van der Waals surface area (Å²) in [6, 6.07) is 0. The minimum absolute atomic E-state index is 0.0358. The van der Waals surface area contributed by atoms with E-state index in [4.69, 9.17) is 28.4 Å². The zero-order valence-corrected chi connectivity index (χ0v) is 24.9. The first kappa shape index (κ1) is 30.9. The average molecular weight is 591 g/mol. The predicted octanol–water partition coefficient (Wildman–Crippen LogP) is 2.08. The summed E-state index contributed by atoms with van der Waals surface area (Å²) in [5.41, 5.74) is -2.84. The normalized spacial score (nSPS) is 46.2. The molecule has 2 unspecified atom stereocenters. The van der Waals surface area contributed by atoms with Crippen LogP contribution in [0.2, 0.25) is 0 Å². The molecule has 3 fully saturated rings. The number of rotatable bonds is 2. The number of hydrogen-bond donors (Lipinski definition) is 2. The van der Waals surface area contributed by atoms with E-state index in [0.29, 0.717) is 19.4 Å². The molecule has 0 aromatic heterocycles. The first-order valence-corrected chi connectivity index (χ1v) is 14.6. The second kappa shape index (κ2) is 11.2. The Labute approximate surface area is 245 Å². The topological polar surface area (TPSA) is 150 Å². The third-order valence-electron chi connectivity index (χ3n) is 10.1. The minimum atomic E-state index is -1.87. The van der Waals surface area contributed by atoms with E-state index in [9.17, 15) is 24.6 Å². The fraction of sp³-hybridized carbons (Fsp3) is 0.710. The van der Waals surface area contributed by atoms with Gasteiger partial charge in [0.25, 0.3) is 0 Å². The molecule has 10 atom stereocenters. The van der Waals surface area contributed by atoms with Gasteiger partial charge in [0.2, 0.25) is 0 Å². The van der Waals surface area contributed by atoms with Crippen molar-refractivity contribution < 1.29 is 53.0 Å². The van der Waals surface area contributed by atoms with Crippen LogP contribution in [0.4, 0.5) is 0 Å². The maximum absolute atomic E-state index is 13.2. The highest BCUT2D eigenvalue weighted by Gasteiger charge is 2.83. The fourth-order valence-corrected chi connectivity index (χ4v) is 7.35. The maximum atomic E-state index is 13.2. The molecule has 0 aromatic carbocycles. The molecule has 5 aliphatic rings. The van der Waals surface area contributed by atoms with Crippen LogP contribution in [-0.4, -0.2) is 95.8 Å². The number of cyclic esters (lactones) is 1. The van der Waals surface area contributed by atoms with Crippen molar-refractivity contribution in [3.8, 4) is 0 Å². The lowest BCUT2D eigenvalue weighted by atomic mass is 9.51. The molecule has 2 spiro atoms. The molecule has 3 heterocycles. The molecule has 11 nitrogen and oxygen atoms in total. The third-order valence-corrected chi connectivity index (χ3v) is 10.1. The summed E-state index contributed by atoms with van der Waals surface area (Å²) in [6.45, 7) is 8.37. The number of hydrogen-bond acceptors (Lipinski definition) is 11. The number of carbonyl (C=O) groups excluding carboxylic acids is 3. The number of carbonyl (C=O) groups is 3. The second-order valence-electron chi connectivity index (χ2n) is 12.8. The van der Waals surface area contributed by atoms with Crippen LogP contribution in [0.25, 0.3) is 0 Å². The van der Waals surface area contributed by atoms with Crippen molar-refractivity contribution in [2.75, 3.05) is 19.8 Å². The van der Waals surface area contributed by atoms with E-state index < -0.39 is 70.8 Å². The van der Waals surface area contributed by atoms with Gasteiger partial charge in [0.15, 0.2) is 0 Å². The highest BCUT2D eigenvalue weighted by Crippen LogP contribution is 2.72. The monoisotopic (exact) mass is 590 g/mol. The quantitative estimate of drug-likeness (QED) is 0.211. The molecule has 0 radical (unpaired) electrons. The van der Waals surface area contributed by atoms with E-state index in [1.54, 1.807) is 19.1 Å². The standard InChI is InChI=1S/C31H42O11/c1-18-10-11-30-16-38-27(35)14-28(4,36)22(33)15-37-21(19(2)40-20(3)32)8-6-7-9-26(34)42-23-13-25(41-24(30)12-18)31(17-39-31)29(23,30)5/h6-9,12,19,21-25,33,36H,10-11,13-17H2,1-5H3/b8-6+,9-7-/t19-,21-,22?,23-,24-,25-,28?,29-,30-,31+/m1/s1. The minimum Gasteiger partial charge on any atom is -0.465 e. The first-order chi connectivity index (χ1) is 19.7. The van der Waals surface area contributed by atoms with Gasteiger partial charge in [0, 0.05) is 24.8 Å². The maximum Gasteiger partial charge on any atom is 0.331 e. The SMILES string of the molecule is CC(=O)O[C@H](C)[C@H]1/C=C/C=C\C(=O)O[C@@H]2C[C@H]3O[C@@H]4C=C(C)CC[C@]4(COC(=O)CC(C)(O)C(O)CO1)[C@]2(C)[C@]31CO1. The Kier molecular flexibility index (Phi) is 8.21. The van der Waals surface area contributed by atoms with Crippen molar-refractivity contribution >= 4 is 17.9 Å². The Morgan fingerprint density at radius 1 is 1.17 bits per heavy atom. The van der Waals surface area contributed by atoms with Gasteiger partial charge in [-0.05, 0) is 33.6 Å². The summed E-state index contributed by atoms with van der Waals surface area (Å²) in [5, 5.41) is 21.8. The largest absolute Gasteiger partial charge is 0.465 e. The summed E-state index contributed by atoms with van der Waals surface area (Å²) in [5.74, 6) is -1.76. The van der Waals surface area contributed by atoms with Crippen LogP contribution >= 0.6 is 0 Å². The highest BCUT2D eigenvalue weighted by atomic mass is 16.6. The van der Waals surface area contributed by atoms with Crippen LogP contribution in [0.5, 0.6) is 0 Å². The van der Waals surface area contributed by atoms with Crippen LogP contribution in [0.3, 0.4) is 0 Å². The average Bonchev–Trinajstić information content (AvgIpc) is 3.68. The van der Waals surface area contributed by atoms with Crippen molar-refractivity contribution in [2.24, 2.45) is 10.8 Å². The Hall–Kier alpha value is -2.57. The molecule has 3 aliphatic heterocycles. The fourth-order valence-electron chi connectivity index (χ4n) is 7.35. The zero-order chi connectivity index (χ0) is 30.5. The number of epoxide rings is 1. The smallest absolute Gasteiger partial charge is 0.331 e. The lowest BCUT2D eigenvalue weighted by Crippen LogP contribution is -2.66.